The van der Waals surface area contributed by atoms with Crippen molar-refractivity contribution in [3.63, 3.8) is 0 Å². The molecule has 2 heteroatoms. The van der Waals surface area contributed by atoms with Crippen molar-refractivity contribution < 1.29 is 4.74 Å². The molecule has 1 aliphatic carbocycles. The van der Waals surface area contributed by atoms with E-state index >= 15 is 0 Å². The lowest BCUT2D eigenvalue weighted by molar-refractivity contribution is 0.108. The number of nitrogens with one attached hydrogen (secondary N) is 1. The maximum absolute atomic E-state index is 5.52. The van der Waals surface area contributed by atoms with Crippen molar-refractivity contribution in [1.29, 1.82) is 0 Å². The van der Waals surface area contributed by atoms with E-state index in [0.717, 1.165) is 32.2 Å². The molecule has 1 rings (SSSR count). The van der Waals surface area contributed by atoms with E-state index in [0.29, 0.717) is 0 Å². The van der Waals surface area contributed by atoms with Crippen LogP contribution in [0, 0.1) is 5.92 Å². The minimum Gasteiger partial charge on any atom is -0.380 e. The van der Waals surface area contributed by atoms with Gasteiger partial charge in [-0.25, -0.2) is 0 Å². The Morgan fingerprint density at radius 3 is 2.69 bits per heavy atom. The summed E-state index contributed by atoms with van der Waals surface area (Å²) >= 11 is 0. The van der Waals surface area contributed by atoms with Gasteiger partial charge in [0, 0.05) is 13.2 Å². The Kier molecular flexibility index (Phi) is 6.21. The van der Waals surface area contributed by atoms with Gasteiger partial charge < -0.3 is 10.1 Å². The molecule has 0 aliphatic heterocycles. The van der Waals surface area contributed by atoms with Crippen LogP contribution in [-0.2, 0) is 4.74 Å². The summed E-state index contributed by atoms with van der Waals surface area (Å²) in [5, 5.41) is 3.33. The van der Waals surface area contributed by atoms with Crippen LogP contribution in [0.5, 0.6) is 0 Å². The molecule has 0 aromatic carbocycles. The monoisotopic (exact) mass is 185 g/mol. The third-order valence-corrected chi connectivity index (χ3v) is 2.75. The molecule has 1 fully saturated rings. The summed E-state index contributed by atoms with van der Waals surface area (Å²) in [7, 11) is 0. The Morgan fingerprint density at radius 1 is 1.23 bits per heavy atom. The first kappa shape index (κ1) is 11.0. The zero-order valence-corrected chi connectivity index (χ0v) is 8.85. The topological polar surface area (TPSA) is 21.3 Å². The molecule has 0 spiro atoms. The summed E-state index contributed by atoms with van der Waals surface area (Å²) in [4.78, 5) is 0. The van der Waals surface area contributed by atoms with Crippen molar-refractivity contribution in [2.24, 2.45) is 5.92 Å². The van der Waals surface area contributed by atoms with Gasteiger partial charge in [-0.05, 0) is 25.3 Å². The predicted octanol–water partition coefficient (Wildman–Crippen LogP) is 2.19. The summed E-state index contributed by atoms with van der Waals surface area (Å²) in [5.74, 6) is 0.989. The smallest absolute Gasteiger partial charge is 0.0590 e. The third kappa shape index (κ3) is 5.27. The van der Waals surface area contributed by atoms with Crippen molar-refractivity contribution in [2.45, 2.75) is 39.0 Å². The number of hydrogen-bond donors (Lipinski definition) is 1. The molecule has 1 N–H and O–H groups in total. The van der Waals surface area contributed by atoms with Gasteiger partial charge in [-0.1, -0.05) is 26.2 Å². The molecule has 78 valence electrons. The lowest BCUT2D eigenvalue weighted by Gasteiger charge is -2.24. The Labute approximate surface area is 82.0 Å². The van der Waals surface area contributed by atoms with Crippen LogP contribution in [0.15, 0.2) is 0 Å². The maximum atomic E-state index is 5.52. The van der Waals surface area contributed by atoms with Gasteiger partial charge in [0.15, 0.2) is 0 Å². The van der Waals surface area contributed by atoms with Crippen LogP contribution in [0.4, 0.5) is 0 Å². The highest BCUT2D eigenvalue weighted by Crippen LogP contribution is 2.28. The van der Waals surface area contributed by atoms with Crippen molar-refractivity contribution in [3.8, 4) is 0 Å². The van der Waals surface area contributed by atoms with Crippen molar-refractivity contribution in [2.75, 3.05) is 26.3 Å². The molecule has 0 atom stereocenters. The molecule has 0 heterocycles. The van der Waals surface area contributed by atoms with Gasteiger partial charge >= 0.3 is 0 Å². The van der Waals surface area contributed by atoms with Gasteiger partial charge in [0.05, 0.1) is 6.61 Å². The highest BCUT2D eigenvalue weighted by Gasteiger charge is 2.16. The first-order valence-electron chi connectivity index (χ1n) is 5.72. The normalized spacial score (nSPS) is 17.3. The van der Waals surface area contributed by atoms with Crippen LogP contribution >= 0.6 is 0 Å². The highest BCUT2D eigenvalue weighted by molar-refractivity contribution is 4.68. The molecule has 0 unspecified atom stereocenters. The summed E-state index contributed by atoms with van der Waals surface area (Å²) in [5.41, 5.74) is 0. The standard InChI is InChI=1S/C11H23NO/c1-2-7-12-8-10-13-9-6-11-4-3-5-11/h11-12H,2-10H2,1H3. The van der Waals surface area contributed by atoms with Crippen molar-refractivity contribution in [3.05, 3.63) is 0 Å². The Hall–Kier alpha value is -0.0800. The summed E-state index contributed by atoms with van der Waals surface area (Å²) in [6.07, 6.45) is 6.83. The maximum Gasteiger partial charge on any atom is 0.0590 e. The zero-order valence-electron chi connectivity index (χ0n) is 8.85. The third-order valence-electron chi connectivity index (χ3n) is 2.75. The largest absolute Gasteiger partial charge is 0.380 e. The van der Waals surface area contributed by atoms with Gasteiger partial charge in [-0.15, -0.1) is 0 Å². The van der Waals surface area contributed by atoms with E-state index in [1.54, 1.807) is 0 Å². The second-order valence-electron chi connectivity index (χ2n) is 3.95. The van der Waals surface area contributed by atoms with Crippen LogP contribution in [0.1, 0.15) is 39.0 Å². The molecular formula is C11H23NO. The average molecular weight is 185 g/mol. The van der Waals surface area contributed by atoms with Crippen molar-refractivity contribution in [1.82, 2.24) is 5.32 Å². The molecule has 2 nitrogen and oxygen atoms in total. The zero-order chi connectivity index (χ0) is 9.36. The van der Waals surface area contributed by atoms with Gasteiger partial charge in [-0.2, -0.15) is 0 Å². The number of hydrogen-bond acceptors (Lipinski definition) is 2. The average Bonchev–Trinajstić information content (AvgIpc) is 2.07. The molecule has 0 aromatic rings. The Morgan fingerprint density at radius 2 is 2.08 bits per heavy atom. The van der Waals surface area contributed by atoms with Gasteiger partial charge in [0.2, 0.25) is 0 Å². The van der Waals surface area contributed by atoms with E-state index in [-0.39, 0.29) is 0 Å². The Balaban J connectivity index is 1.68. The second-order valence-corrected chi connectivity index (χ2v) is 3.95. The van der Waals surface area contributed by atoms with Crippen LogP contribution in [-0.4, -0.2) is 26.3 Å². The molecule has 0 aromatic heterocycles. The van der Waals surface area contributed by atoms with Crippen LogP contribution < -0.4 is 5.32 Å². The number of rotatable bonds is 8. The van der Waals surface area contributed by atoms with E-state index in [1.165, 1.54) is 32.1 Å². The lowest BCUT2D eigenvalue weighted by atomic mass is 9.83. The fourth-order valence-corrected chi connectivity index (χ4v) is 1.58. The summed E-state index contributed by atoms with van der Waals surface area (Å²) in [6.45, 7) is 6.17. The van der Waals surface area contributed by atoms with Crippen LogP contribution in [0.25, 0.3) is 0 Å². The molecule has 0 radical (unpaired) electrons. The van der Waals surface area contributed by atoms with E-state index < -0.39 is 0 Å². The lowest BCUT2D eigenvalue weighted by Crippen LogP contribution is -2.21. The van der Waals surface area contributed by atoms with Crippen LogP contribution in [0.3, 0.4) is 0 Å². The van der Waals surface area contributed by atoms with Gasteiger partial charge in [0.1, 0.15) is 0 Å². The van der Waals surface area contributed by atoms with E-state index in [9.17, 15) is 0 Å². The second kappa shape index (κ2) is 7.34. The summed E-state index contributed by atoms with van der Waals surface area (Å²) in [6, 6.07) is 0. The minimum absolute atomic E-state index is 0.882. The first-order valence-corrected chi connectivity index (χ1v) is 5.72. The minimum atomic E-state index is 0.882. The van der Waals surface area contributed by atoms with Crippen molar-refractivity contribution >= 4 is 0 Å². The SMILES string of the molecule is CCCNCCOCCC1CCC1. The molecule has 1 aliphatic rings. The van der Waals surface area contributed by atoms with Gasteiger partial charge in [0.25, 0.3) is 0 Å². The van der Waals surface area contributed by atoms with E-state index in [2.05, 4.69) is 12.2 Å². The summed E-state index contributed by atoms with van der Waals surface area (Å²) < 4.78 is 5.52. The quantitative estimate of drug-likeness (QED) is 0.585. The predicted molar refractivity (Wildman–Crippen MR) is 55.9 cm³/mol. The fourth-order valence-electron chi connectivity index (χ4n) is 1.58. The van der Waals surface area contributed by atoms with E-state index in [1.807, 2.05) is 0 Å². The molecule has 13 heavy (non-hydrogen) atoms. The van der Waals surface area contributed by atoms with Crippen LogP contribution in [0.2, 0.25) is 0 Å². The Bertz CT molecular complexity index is 113. The molecule has 1 saturated carbocycles. The molecule has 0 bridgehead atoms. The molecule has 0 amide bonds. The molecule has 0 saturated heterocycles. The highest BCUT2D eigenvalue weighted by atomic mass is 16.5. The van der Waals surface area contributed by atoms with E-state index in [4.69, 9.17) is 4.74 Å². The van der Waals surface area contributed by atoms with Gasteiger partial charge in [-0.3, -0.25) is 0 Å². The number of ether oxygens (including phenoxy) is 1. The fraction of sp³-hybridized carbons (Fsp3) is 1.00. The first-order chi connectivity index (χ1) is 6.43. The molecular weight excluding hydrogens is 162 g/mol.